The normalized spacial score (nSPS) is 11.5. The minimum Gasteiger partial charge on any atom is -0.255 e. The number of halogens is 3. The molecule has 0 saturated heterocycles. The highest BCUT2D eigenvalue weighted by molar-refractivity contribution is 9.11. The van der Waals surface area contributed by atoms with Crippen molar-refractivity contribution in [1.29, 1.82) is 0 Å². The summed E-state index contributed by atoms with van der Waals surface area (Å²) in [5.41, 5.74) is 0. The first-order chi connectivity index (χ1) is 8.38. The van der Waals surface area contributed by atoms with Crippen LogP contribution < -0.4 is 4.72 Å². The van der Waals surface area contributed by atoms with Gasteiger partial charge >= 0.3 is 0 Å². The molecule has 0 amide bonds. The summed E-state index contributed by atoms with van der Waals surface area (Å²) in [6, 6.07) is 4.23. The summed E-state index contributed by atoms with van der Waals surface area (Å²) in [6.45, 7) is 0. The van der Waals surface area contributed by atoms with Crippen LogP contribution in [0.1, 0.15) is 0 Å². The van der Waals surface area contributed by atoms with Crippen LogP contribution in [-0.2, 0) is 10.0 Å². The van der Waals surface area contributed by atoms with Gasteiger partial charge in [-0.25, -0.2) is 13.4 Å². The molecule has 1 heterocycles. The van der Waals surface area contributed by atoms with E-state index >= 15 is 0 Å². The molecule has 0 fully saturated rings. The Morgan fingerprint density at radius 1 is 1.33 bits per heavy atom. The van der Waals surface area contributed by atoms with Gasteiger partial charge in [0.05, 0.1) is 15.0 Å². The third kappa shape index (κ3) is 3.16. The average molecular weight is 388 g/mol. The number of sulfonamides is 1. The van der Waals surface area contributed by atoms with Crippen molar-refractivity contribution in [3.8, 4) is 0 Å². The van der Waals surface area contributed by atoms with Gasteiger partial charge in [0.15, 0.2) is 5.13 Å². The number of aromatic nitrogens is 1. The van der Waals surface area contributed by atoms with Gasteiger partial charge in [-0.2, -0.15) is 0 Å². The predicted octanol–water partition coefficient (Wildman–Crippen LogP) is 4.01. The van der Waals surface area contributed by atoms with Crippen LogP contribution in [0.4, 0.5) is 5.13 Å². The van der Waals surface area contributed by atoms with Crippen LogP contribution in [0.15, 0.2) is 33.1 Å². The molecule has 4 nitrogen and oxygen atoms in total. The second-order valence-electron chi connectivity index (χ2n) is 3.15. The second kappa shape index (κ2) is 5.34. The molecule has 1 aromatic carbocycles. The van der Waals surface area contributed by atoms with Crippen LogP contribution in [0.3, 0.4) is 0 Å². The van der Waals surface area contributed by atoms with E-state index in [0.717, 1.165) is 15.1 Å². The van der Waals surface area contributed by atoms with Gasteiger partial charge in [0.2, 0.25) is 0 Å². The number of nitrogens with zero attached hydrogens (tertiary/aromatic N) is 1. The minimum absolute atomic E-state index is 0.0806. The maximum absolute atomic E-state index is 12.1. The van der Waals surface area contributed by atoms with Crippen molar-refractivity contribution in [2.75, 3.05) is 4.72 Å². The fourth-order valence-corrected chi connectivity index (χ4v) is 4.27. The van der Waals surface area contributed by atoms with Gasteiger partial charge < -0.3 is 0 Å². The van der Waals surface area contributed by atoms with Crippen molar-refractivity contribution >= 4 is 65.6 Å². The smallest absolute Gasteiger partial charge is 0.255 e. The van der Waals surface area contributed by atoms with E-state index in [1.807, 2.05) is 0 Å². The summed E-state index contributed by atoms with van der Waals surface area (Å²) in [5.74, 6) is 0. The molecule has 0 saturated carbocycles. The average Bonchev–Trinajstić information content (AvgIpc) is 2.66. The molecule has 2 rings (SSSR count). The third-order valence-corrected chi connectivity index (χ3v) is 5.46. The summed E-state index contributed by atoms with van der Waals surface area (Å²) in [4.78, 5) is 3.80. The molecule has 1 N–H and O–H groups in total. The van der Waals surface area contributed by atoms with Gasteiger partial charge in [0.1, 0.15) is 4.90 Å². The van der Waals surface area contributed by atoms with Crippen LogP contribution in [0, 0.1) is 0 Å². The van der Waals surface area contributed by atoms with Gasteiger partial charge in [0.25, 0.3) is 10.0 Å². The summed E-state index contributed by atoms with van der Waals surface area (Å²) < 4.78 is 27.2. The molecular weight excluding hydrogens is 383 g/mol. The molecule has 0 radical (unpaired) electrons. The van der Waals surface area contributed by atoms with E-state index in [1.54, 1.807) is 0 Å². The Hall–Kier alpha value is -0.340. The first-order valence-electron chi connectivity index (χ1n) is 4.48. The number of thiazole rings is 1. The van der Waals surface area contributed by atoms with Crippen molar-refractivity contribution in [2.24, 2.45) is 0 Å². The molecule has 18 heavy (non-hydrogen) atoms. The molecule has 0 bridgehead atoms. The summed E-state index contributed by atoms with van der Waals surface area (Å²) >= 11 is 16.0. The van der Waals surface area contributed by atoms with Gasteiger partial charge in [-0.05, 0) is 34.1 Å². The van der Waals surface area contributed by atoms with E-state index in [4.69, 9.17) is 23.2 Å². The highest BCUT2D eigenvalue weighted by Gasteiger charge is 2.19. The summed E-state index contributed by atoms with van der Waals surface area (Å²) in [7, 11) is -3.79. The van der Waals surface area contributed by atoms with Crippen LogP contribution in [0.25, 0.3) is 0 Å². The predicted molar refractivity (Wildman–Crippen MR) is 77.1 cm³/mol. The fourth-order valence-electron chi connectivity index (χ4n) is 1.15. The molecule has 9 heteroatoms. The van der Waals surface area contributed by atoms with Crippen molar-refractivity contribution in [1.82, 2.24) is 4.98 Å². The maximum atomic E-state index is 12.1. The lowest BCUT2D eigenvalue weighted by Crippen LogP contribution is -2.13. The monoisotopic (exact) mass is 386 g/mol. The molecule has 96 valence electrons. The molecule has 2 aromatic rings. The molecule has 0 aliphatic heterocycles. The highest BCUT2D eigenvalue weighted by atomic mass is 79.9. The first kappa shape index (κ1) is 14.1. The lowest BCUT2D eigenvalue weighted by atomic mass is 10.4. The minimum atomic E-state index is -3.79. The van der Waals surface area contributed by atoms with E-state index in [1.165, 1.54) is 24.4 Å². The molecule has 0 unspecified atom stereocenters. The second-order valence-corrected chi connectivity index (χ2v) is 8.05. The number of hydrogen-bond acceptors (Lipinski definition) is 4. The van der Waals surface area contributed by atoms with Gasteiger partial charge in [-0.3, -0.25) is 4.72 Å². The summed E-state index contributed by atoms with van der Waals surface area (Å²) in [5, 5.41) is 0.639. The largest absolute Gasteiger partial charge is 0.265 e. The Labute approximate surface area is 126 Å². The van der Waals surface area contributed by atoms with E-state index in [2.05, 4.69) is 25.6 Å². The van der Waals surface area contributed by atoms with E-state index in [9.17, 15) is 8.42 Å². The summed E-state index contributed by atoms with van der Waals surface area (Å²) in [6.07, 6.45) is 1.50. The molecule has 0 atom stereocenters. The van der Waals surface area contributed by atoms with Crippen molar-refractivity contribution < 1.29 is 8.42 Å². The number of nitrogens with one attached hydrogen (secondary N) is 1. The first-order valence-corrected chi connectivity index (χ1v) is 8.32. The van der Waals surface area contributed by atoms with Gasteiger partial charge in [0, 0.05) is 5.02 Å². The molecule has 0 aliphatic rings. The lowest BCUT2D eigenvalue weighted by Gasteiger charge is -2.07. The molecule has 0 aliphatic carbocycles. The molecule has 0 spiro atoms. The van der Waals surface area contributed by atoms with Crippen LogP contribution >= 0.6 is 50.5 Å². The Morgan fingerprint density at radius 2 is 2.06 bits per heavy atom. The molecule has 1 aromatic heterocycles. The van der Waals surface area contributed by atoms with E-state index in [0.29, 0.717) is 5.02 Å². The van der Waals surface area contributed by atoms with Crippen LogP contribution in [-0.4, -0.2) is 13.4 Å². The Bertz CT molecular complexity index is 688. The van der Waals surface area contributed by atoms with Gasteiger partial charge in [-0.1, -0.05) is 34.5 Å². The van der Waals surface area contributed by atoms with Crippen molar-refractivity contribution in [3.05, 3.63) is 38.2 Å². The zero-order chi connectivity index (χ0) is 13.3. The quantitative estimate of drug-likeness (QED) is 0.865. The SMILES string of the molecule is O=S(=O)(Nc1ncc(Br)s1)c1cc(Cl)ccc1Cl. The van der Waals surface area contributed by atoms with Crippen molar-refractivity contribution in [3.63, 3.8) is 0 Å². The Morgan fingerprint density at radius 3 is 2.67 bits per heavy atom. The maximum Gasteiger partial charge on any atom is 0.265 e. The Kier molecular flexibility index (Phi) is 4.18. The topological polar surface area (TPSA) is 59.1 Å². The zero-order valence-corrected chi connectivity index (χ0v) is 13.3. The van der Waals surface area contributed by atoms with E-state index < -0.39 is 10.0 Å². The fraction of sp³-hybridized carbons (Fsp3) is 0. The standard InChI is InChI=1S/C9H5BrCl2N2O2S2/c10-8-4-13-9(17-8)14-18(15,16)7-3-5(11)1-2-6(7)12/h1-4H,(H,13,14). The number of rotatable bonds is 3. The number of benzene rings is 1. The van der Waals surface area contributed by atoms with E-state index in [-0.39, 0.29) is 15.0 Å². The van der Waals surface area contributed by atoms with Crippen LogP contribution in [0.5, 0.6) is 0 Å². The van der Waals surface area contributed by atoms with Crippen LogP contribution in [0.2, 0.25) is 10.0 Å². The zero-order valence-electron chi connectivity index (χ0n) is 8.52. The van der Waals surface area contributed by atoms with Crippen molar-refractivity contribution in [2.45, 2.75) is 4.90 Å². The lowest BCUT2D eigenvalue weighted by molar-refractivity contribution is 0.601. The van der Waals surface area contributed by atoms with Gasteiger partial charge in [-0.15, -0.1) is 0 Å². The molecular formula is C9H5BrCl2N2O2S2. The Balaban J connectivity index is 2.39. The number of hydrogen-bond donors (Lipinski definition) is 1. The third-order valence-electron chi connectivity index (χ3n) is 1.88. The number of anilines is 1. The highest BCUT2D eigenvalue weighted by Crippen LogP contribution is 2.29.